The van der Waals surface area contributed by atoms with Crippen LogP contribution in [0, 0.1) is 5.92 Å². The average Bonchev–Trinajstić information content (AvgIpc) is 2.85. The molecule has 3 N–H and O–H groups in total. The van der Waals surface area contributed by atoms with E-state index in [1.54, 1.807) is 0 Å². The lowest BCUT2D eigenvalue weighted by Gasteiger charge is -2.16. The van der Waals surface area contributed by atoms with E-state index in [-0.39, 0.29) is 0 Å². The molecule has 0 radical (unpaired) electrons. The van der Waals surface area contributed by atoms with Crippen LogP contribution in [0.3, 0.4) is 0 Å². The van der Waals surface area contributed by atoms with Crippen LogP contribution >= 0.6 is 0 Å². The van der Waals surface area contributed by atoms with Gasteiger partial charge in [-0.3, -0.25) is 4.79 Å². The number of hydrogen-bond donors (Lipinski definition) is 2. The van der Waals surface area contributed by atoms with E-state index >= 15 is 0 Å². The first-order chi connectivity index (χ1) is 9.48. The highest BCUT2D eigenvalue weighted by atomic mass is 32.2. The fourth-order valence-electron chi connectivity index (χ4n) is 2.42. The molecule has 0 saturated heterocycles. The minimum Gasteiger partial charge on any atom is -0.369 e. The van der Waals surface area contributed by atoms with E-state index < -0.39 is 27.9 Å². The Balaban J connectivity index is 2.04. The average molecular weight is 294 g/mol. The number of nitrogens with two attached hydrogens (primary N) is 1. The van der Waals surface area contributed by atoms with Gasteiger partial charge in [0.05, 0.1) is 5.92 Å². The van der Waals surface area contributed by atoms with Gasteiger partial charge in [-0.05, 0) is 24.5 Å². The second-order valence-electron chi connectivity index (χ2n) is 4.92. The van der Waals surface area contributed by atoms with E-state index in [0.717, 1.165) is 17.4 Å². The molecule has 2 rings (SSSR count). The van der Waals surface area contributed by atoms with Crippen molar-refractivity contribution in [2.75, 3.05) is 0 Å². The van der Waals surface area contributed by atoms with Crippen molar-refractivity contribution in [1.82, 2.24) is 4.72 Å². The number of benzene rings is 1. The van der Waals surface area contributed by atoms with Crippen LogP contribution in [0.25, 0.3) is 6.08 Å². The Morgan fingerprint density at radius 3 is 2.60 bits per heavy atom. The Morgan fingerprint density at radius 1 is 1.25 bits per heavy atom. The molecule has 1 saturated carbocycles. The van der Waals surface area contributed by atoms with Crippen molar-refractivity contribution in [3.63, 3.8) is 0 Å². The highest BCUT2D eigenvalue weighted by molar-refractivity contribution is 7.92. The zero-order chi connectivity index (χ0) is 14.6. The van der Waals surface area contributed by atoms with Crippen LogP contribution < -0.4 is 10.5 Å². The van der Waals surface area contributed by atoms with Crippen molar-refractivity contribution in [3.05, 3.63) is 41.3 Å². The molecule has 0 aliphatic heterocycles. The largest absolute Gasteiger partial charge is 0.369 e. The lowest BCUT2D eigenvalue weighted by Crippen LogP contribution is -2.41. The quantitative estimate of drug-likeness (QED) is 0.856. The molecule has 0 spiro atoms. The lowest BCUT2D eigenvalue weighted by atomic mass is 10.0. The number of sulfonamides is 1. The van der Waals surface area contributed by atoms with E-state index in [0.29, 0.717) is 12.8 Å². The summed E-state index contributed by atoms with van der Waals surface area (Å²) in [5.41, 5.74) is 6.08. The van der Waals surface area contributed by atoms with E-state index in [4.69, 9.17) is 5.73 Å². The number of primary amides is 1. The fraction of sp³-hybridized carbons (Fsp3) is 0.357. The molecule has 5 nitrogen and oxygen atoms in total. The fourth-order valence-corrected chi connectivity index (χ4v) is 3.54. The summed E-state index contributed by atoms with van der Waals surface area (Å²) in [4.78, 5) is 11.2. The monoisotopic (exact) mass is 294 g/mol. The molecule has 108 valence electrons. The van der Waals surface area contributed by atoms with Gasteiger partial charge in [-0.15, -0.1) is 0 Å². The number of amides is 1. The van der Waals surface area contributed by atoms with Gasteiger partial charge in [0, 0.05) is 11.4 Å². The topological polar surface area (TPSA) is 89.3 Å². The number of nitrogens with one attached hydrogen (secondary N) is 1. The number of hydrogen-bond acceptors (Lipinski definition) is 3. The summed E-state index contributed by atoms with van der Waals surface area (Å²) in [7, 11) is -3.57. The SMILES string of the molecule is NC(=O)[C@@H]1CCC[C@@H]1NS(=O)(=O)/C=C/c1ccccc1. The minimum absolute atomic E-state index is 0.391. The summed E-state index contributed by atoms with van der Waals surface area (Å²) in [6, 6.07) is 8.76. The minimum atomic E-state index is -3.57. The third-order valence-electron chi connectivity index (χ3n) is 3.44. The molecule has 0 heterocycles. The van der Waals surface area contributed by atoms with Crippen molar-refractivity contribution < 1.29 is 13.2 Å². The predicted molar refractivity (Wildman–Crippen MR) is 77.9 cm³/mol. The van der Waals surface area contributed by atoms with Crippen LogP contribution in [0.2, 0.25) is 0 Å². The van der Waals surface area contributed by atoms with E-state index in [1.807, 2.05) is 30.3 Å². The highest BCUT2D eigenvalue weighted by Gasteiger charge is 2.33. The molecular formula is C14H18N2O3S. The van der Waals surface area contributed by atoms with E-state index in [9.17, 15) is 13.2 Å². The molecule has 1 aliphatic rings. The lowest BCUT2D eigenvalue weighted by molar-refractivity contribution is -0.122. The summed E-state index contributed by atoms with van der Waals surface area (Å²) in [6.45, 7) is 0. The summed E-state index contributed by atoms with van der Waals surface area (Å²) in [5.74, 6) is -0.850. The Kier molecular flexibility index (Phi) is 4.57. The third kappa shape index (κ3) is 3.91. The van der Waals surface area contributed by atoms with Gasteiger partial charge in [0.1, 0.15) is 0 Å². The van der Waals surface area contributed by atoms with Gasteiger partial charge < -0.3 is 5.73 Å². The molecule has 20 heavy (non-hydrogen) atoms. The van der Waals surface area contributed by atoms with Crippen LogP contribution in [-0.2, 0) is 14.8 Å². The van der Waals surface area contributed by atoms with Crippen LogP contribution in [-0.4, -0.2) is 20.4 Å². The van der Waals surface area contributed by atoms with Gasteiger partial charge in [-0.25, -0.2) is 13.1 Å². The number of carbonyl (C=O) groups is 1. The van der Waals surface area contributed by atoms with Gasteiger partial charge in [-0.2, -0.15) is 0 Å². The summed E-state index contributed by atoms with van der Waals surface area (Å²) >= 11 is 0. The van der Waals surface area contributed by atoms with Crippen molar-refractivity contribution in [1.29, 1.82) is 0 Å². The van der Waals surface area contributed by atoms with Gasteiger partial charge >= 0.3 is 0 Å². The molecule has 0 aromatic heterocycles. The Hall–Kier alpha value is -1.66. The molecule has 1 fully saturated rings. The van der Waals surface area contributed by atoms with Gasteiger partial charge in [-0.1, -0.05) is 36.8 Å². The summed E-state index contributed by atoms with van der Waals surface area (Å²) in [6.07, 6.45) is 3.62. The maximum Gasteiger partial charge on any atom is 0.234 e. The van der Waals surface area contributed by atoms with E-state index in [2.05, 4.69) is 4.72 Å². The highest BCUT2D eigenvalue weighted by Crippen LogP contribution is 2.26. The van der Waals surface area contributed by atoms with Crippen LogP contribution in [0.5, 0.6) is 0 Å². The Bertz CT molecular complexity index is 596. The Labute approximate surface area is 118 Å². The molecule has 1 aromatic carbocycles. The zero-order valence-corrected chi connectivity index (χ0v) is 11.8. The van der Waals surface area contributed by atoms with Crippen LogP contribution in [0.4, 0.5) is 0 Å². The predicted octanol–water partition coefficient (Wildman–Crippen LogP) is 1.23. The number of carbonyl (C=O) groups excluding carboxylic acids is 1. The number of rotatable bonds is 5. The third-order valence-corrected chi connectivity index (χ3v) is 4.56. The summed E-state index contributed by atoms with van der Waals surface area (Å²) in [5, 5.41) is 1.12. The molecule has 6 heteroatoms. The van der Waals surface area contributed by atoms with E-state index in [1.165, 1.54) is 6.08 Å². The van der Waals surface area contributed by atoms with Crippen LogP contribution in [0.1, 0.15) is 24.8 Å². The van der Waals surface area contributed by atoms with Gasteiger partial charge in [0.2, 0.25) is 15.9 Å². The second kappa shape index (κ2) is 6.19. The molecule has 0 unspecified atom stereocenters. The first kappa shape index (κ1) is 14.7. The maximum atomic E-state index is 12.0. The van der Waals surface area contributed by atoms with Crippen molar-refractivity contribution in [2.45, 2.75) is 25.3 Å². The molecule has 1 amide bonds. The smallest absolute Gasteiger partial charge is 0.234 e. The Morgan fingerprint density at radius 2 is 1.95 bits per heavy atom. The van der Waals surface area contributed by atoms with Crippen molar-refractivity contribution >= 4 is 22.0 Å². The standard InChI is InChI=1S/C14H18N2O3S/c15-14(17)12-7-4-8-13(12)16-20(18,19)10-9-11-5-2-1-3-6-11/h1-3,5-6,9-10,12-13,16H,4,7-8H2,(H2,15,17)/b10-9+/t12-,13+/m1/s1. The maximum absolute atomic E-state index is 12.0. The molecule has 0 bridgehead atoms. The summed E-state index contributed by atoms with van der Waals surface area (Å²) < 4.78 is 26.5. The molecular weight excluding hydrogens is 276 g/mol. The second-order valence-corrected chi connectivity index (χ2v) is 6.52. The van der Waals surface area contributed by atoms with Gasteiger partial charge in [0.15, 0.2) is 0 Å². The first-order valence-corrected chi connectivity index (χ1v) is 8.07. The molecule has 1 aromatic rings. The van der Waals surface area contributed by atoms with Crippen molar-refractivity contribution in [2.24, 2.45) is 11.7 Å². The zero-order valence-electron chi connectivity index (χ0n) is 11.0. The first-order valence-electron chi connectivity index (χ1n) is 6.53. The normalized spacial score (nSPS) is 23.2. The molecule has 1 aliphatic carbocycles. The van der Waals surface area contributed by atoms with Gasteiger partial charge in [0.25, 0.3) is 0 Å². The van der Waals surface area contributed by atoms with Crippen molar-refractivity contribution in [3.8, 4) is 0 Å². The molecule has 2 atom stereocenters. The van der Waals surface area contributed by atoms with Crippen LogP contribution in [0.15, 0.2) is 35.7 Å².